The summed E-state index contributed by atoms with van der Waals surface area (Å²) in [6, 6.07) is 11.7. The zero-order valence-electron chi connectivity index (χ0n) is 9.91. The number of rotatable bonds is 4. The fraction of sp³-hybridized carbons (Fsp3) is 0.143. The Morgan fingerprint density at radius 1 is 1.00 bits per heavy atom. The van der Waals surface area contributed by atoms with Crippen molar-refractivity contribution in [1.82, 2.24) is 0 Å². The van der Waals surface area contributed by atoms with E-state index < -0.39 is 11.6 Å². The first-order valence-corrected chi connectivity index (χ1v) is 6.74. The number of hydrogen-bond acceptors (Lipinski definition) is 2. The van der Waals surface area contributed by atoms with E-state index in [0.29, 0.717) is 6.54 Å². The Balaban J connectivity index is 2.06. The van der Waals surface area contributed by atoms with E-state index in [-0.39, 0.29) is 5.69 Å². The first-order valence-electron chi connectivity index (χ1n) is 5.51. The van der Waals surface area contributed by atoms with Crippen molar-refractivity contribution in [3.05, 3.63) is 59.7 Å². The number of anilines is 1. The molecule has 2 rings (SSSR count). The van der Waals surface area contributed by atoms with E-state index in [2.05, 4.69) is 5.32 Å². The van der Waals surface area contributed by atoms with Crippen LogP contribution in [0.15, 0.2) is 47.4 Å². The Bertz CT molecular complexity index is 506. The van der Waals surface area contributed by atoms with Crippen LogP contribution in [0.1, 0.15) is 5.56 Å². The summed E-state index contributed by atoms with van der Waals surface area (Å²) in [6.45, 7) is 0.395. The average Bonchev–Trinajstić information content (AvgIpc) is 2.39. The summed E-state index contributed by atoms with van der Waals surface area (Å²) < 4.78 is 26.7. The fourth-order valence-corrected chi connectivity index (χ4v) is 2.01. The number of thioether (sulfide) groups is 1. The van der Waals surface area contributed by atoms with E-state index in [1.807, 2.05) is 30.5 Å². The minimum Gasteiger partial charge on any atom is -0.376 e. The summed E-state index contributed by atoms with van der Waals surface area (Å²) in [5, 5.41) is 2.78. The molecule has 0 heterocycles. The first-order chi connectivity index (χ1) is 8.70. The van der Waals surface area contributed by atoms with Crippen LogP contribution in [0.4, 0.5) is 14.5 Å². The molecule has 0 aliphatic rings. The van der Waals surface area contributed by atoms with Crippen molar-refractivity contribution in [2.45, 2.75) is 11.4 Å². The first kappa shape index (κ1) is 12.9. The van der Waals surface area contributed by atoms with Crippen molar-refractivity contribution in [2.24, 2.45) is 0 Å². The number of halogens is 2. The molecule has 0 fully saturated rings. The van der Waals surface area contributed by atoms with E-state index in [4.69, 9.17) is 0 Å². The molecule has 0 saturated carbocycles. The normalized spacial score (nSPS) is 10.4. The van der Waals surface area contributed by atoms with Gasteiger partial charge >= 0.3 is 0 Å². The second-order valence-electron chi connectivity index (χ2n) is 3.80. The molecule has 4 heteroatoms. The molecule has 0 unspecified atom stereocenters. The Labute approximate surface area is 109 Å². The molecule has 0 spiro atoms. The number of para-hydroxylation sites is 1. The lowest BCUT2D eigenvalue weighted by Gasteiger charge is -2.09. The fourth-order valence-electron chi connectivity index (χ4n) is 1.60. The van der Waals surface area contributed by atoms with Crippen molar-refractivity contribution in [3.8, 4) is 0 Å². The minimum atomic E-state index is -0.573. The topological polar surface area (TPSA) is 12.0 Å². The third kappa shape index (κ3) is 3.01. The second kappa shape index (κ2) is 5.87. The maximum Gasteiger partial charge on any atom is 0.149 e. The summed E-state index contributed by atoms with van der Waals surface area (Å²) in [6.07, 6.45) is 2.00. The van der Waals surface area contributed by atoms with Crippen molar-refractivity contribution in [1.29, 1.82) is 0 Å². The van der Waals surface area contributed by atoms with Gasteiger partial charge in [0.2, 0.25) is 0 Å². The van der Waals surface area contributed by atoms with Gasteiger partial charge in [-0.05, 0) is 36.1 Å². The summed E-state index contributed by atoms with van der Waals surface area (Å²) in [4.78, 5) is 1.16. The lowest BCUT2D eigenvalue weighted by atomic mass is 10.2. The van der Waals surface area contributed by atoms with Gasteiger partial charge in [-0.25, -0.2) is 8.78 Å². The smallest absolute Gasteiger partial charge is 0.149 e. The molecule has 18 heavy (non-hydrogen) atoms. The van der Waals surface area contributed by atoms with Gasteiger partial charge in [0.15, 0.2) is 0 Å². The largest absolute Gasteiger partial charge is 0.376 e. The van der Waals surface area contributed by atoms with Gasteiger partial charge < -0.3 is 5.32 Å². The summed E-state index contributed by atoms with van der Waals surface area (Å²) in [5.74, 6) is -1.15. The Morgan fingerprint density at radius 3 is 2.17 bits per heavy atom. The minimum absolute atomic E-state index is 0.0774. The quantitative estimate of drug-likeness (QED) is 0.827. The van der Waals surface area contributed by atoms with Gasteiger partial charge in [-0.2, -0.15) is 0 Å². The van der Waals surface area contributed by atoms with Gasteiger partial charge in [0.05, 0.1) is 0 Å². The highest BCUT2D eigenvalue weighted by Crippen LogP contribution is 2.20. The number of nitrogens with one attached hydrogen (secondary N) is 1. The van der Waals surface area contributed by atoms with Crippen molar-refractivity contribution in [2.75, 3.05) is 11.6 Å². The SMILES string of the molecule is CSc1ccc(CNc2c(F)cccc2F)cc1. The molecule has 94 valence electrons. The van der Waals surface area contributed by atoms with Gasteiger partial charge in [-0.1, -0.05) is 18.2 Å². The monoisotopic (exact) mass is 265 g/mol. The van der Waals surface area contributed by atoms with E-state index in [0.717, 1.165) is 10.5 Å². The Morgan fingerprint density at radius 2 is 1.61 bits per heavy atom. The summed E-state index contributed by atoms with van der Waals surface area (Å²) in [7, 11) is 0. The summed E-state index contributed by atoms with van der Waals surface area (Å²) in [5.41, 5.74) is 0.905. The molecule has 2 aromatic rings. The Kier molecular flexibility index (Phi) is 4.20. The molecular weight excluding hydrogens is 252 g/mol. The molecule has 1 N–H and O–H groups in total. The molecule has 0 atom stereocenters. The van der Waals surface area contributed by atoms with Crippen molar-refractivity contribution < 1.29 is 8.78 Å². The second-order valence-corrected chi connectivity index (χ2v) is 4.68. The van der Waals surface area contributed by atoms with Crippen LogP contribution < -0.4 is 5.32 Å². The van der Waals surface area contributed by atoms with Crippen LogP contribution >= 0.6 is 11.8 Å². The van der Waals surface area contributed by atoms with Gasteiger partial charge in [-0.15, -0.1) is 11.8 Å². The van der Waals surface area contributed by atoms with E-state index in [1.165, 1.54) is 18.2 Å². The standard InChI is InChI=1S/C14H13F2NS/c1-18-11-7-5-10(6-8-11)9-17-14-12(15)3-2-4-13(14)16/h2-8,17H,9H2,1H3. The van der Waals surface area contributed by atoms with Crippen LogP contribution in [0.2, 0.25) is 0 Å². The maximum absolute atomic E-state index is 13.4. The van der Waals surface area contributed by atoms with E-state index in [9.17, 15) is 8.78 Å². The molecule has 2 aromatic carbocycles. The molecular formula is C14H13F2NS. The summed E-state index contributed by atoms with van der Waals surface area (Å²) >= 11 is 1.66. The van der Waals surface area contributed by atoms with Crippen LogP contribution in [-0.2, 0) is 6.54 Å². The average molecular weight is 265 g/mol. The van der Waals surface area contributed by atoms with Crippen LogP contribution in [0.3, 0.4) is 0 Å². The van der Waals surface area contributed by atoms with Gasteiger partial charge in [0.1, 0.15) is 17.3 Å². The number of benzene rings is 2. The zero-order chi connectivity index (χ0) is 13.0. The lowest BCUT2D eigenvalue weighted by molar-refractivity contribution is 0.588. The van der Waals surface area contributed by atoms with E-state index >= 15 is 0 Å². The van der Waals surface area contributed by atoms with Crippen LogP contribution in [0, 0.1) is 11.6 Å². The van der Waals surface area contributed by atoms with Crippen LogP contribution in [0.5, 0.6) is 0 Å². The van der Waals surface area contributed by atoms with Gasteiger partial charge in [-0.3, -0.25) is 0 Å². The van der Waals surface area contributed by atoms with Crippen molar-refractivity contribution >= 4 is 17.4 Å². The maximum atomic E-state index is 13.4. The predicted octanol–water partition coefficient (Wildman–Crippen LogP) is 4.30. The Hall–Kier alpha value is -1.55. The number of hydrogen-bond donors (Lipinski definition) is 1. The molecule has 0 saturated heterocycles. The lowest BCUT2D eigenvalue weighted by Crippen LogP contribution is -2.03. The van der Waals surface area contributed by atoms with Gasteiger partial charge in [0, 0.05) is 11.4 Å². The third-order valence-electron chi connectivity index (χ3n) is 2.59. The van der Waals surface area contributed by atoms with Crippen LogP contribution in [0.25, 0.3) is 0 Å². The molecule has 0 aliphatic carbocycles. The highest BCUT2D eigenvalue weighted by atomic mass is 32.2. The van der Waals surface area contributed by atoms with Crippen molar-refractivity contribution in [3.63, 3.8) is 0 Å². The molecule has 0 amide bonds. The molecule has 0 radical (unpaired) electrons. The highest BCUT2D eigenvalue weighted by Gasteiger charge is 2.07. The molecule has 0 bridgehead atoms. The van der Waals surface area contributed by atoms with E-state index in [1.54, 1.807) is 11.8 Å². The van der Waals surface area contributed by atoms with Crippen LogP contribution in [-0.4, -0.2) is 6.26 Å². The zero-order valence-corrected chi connectivity index (χ0v) is 10.7. The molecule has 0 aliphatic heterocycles. The van der Waals surface area contributed by atoms with Gasteiger partial charge in [0.25, 0.3) is 0 Å². The molecule has 0 aromatic heterocycles. The molecule has 1 nitrogen and oxygen atoms in total. The highest BCUT2D eigenvalue weighted by molar-refractivity contribution is 7.98. The predicted molar refractivity (Wildman–Crippen MR) is 71.9 cm³/mol. The third-order valence-corrected chi connectivity index (χ3v) is 3.33.